The van der Waals surface area contributed by atoms with Crippen molar-refractivity contribution in [2.24, 2.45) is 0 Å². The van der Waals surface area contributed by atoms with Crippen LogP contribution in [0.25, 0.3) is 10.9 Å². The summed E-state index contributed by atoms with van der Waals surface area (Å²) < 4.78 is 7.24. The van der Waals surface area contributed by atoms with E-state index in [2.05, 4.69) is 5.10 Å². The molecule has 122 valence electrons. The Morgan fingerprint density at radius 3 is 3.04 bits per heavy atom. The number of hydrogen-bond acceptors (Lipinski definition) is 4. The summed E-state index contributed by atoms with van der Waals surface area (Å²) in [6, 6.07) is 7.23. The van der Waals surface area contributed by atoms with Crippen molar-refractivity contribution in [3.63, 3.8) is 0 Å². The maximum absolute atomic E-state index is 12.6. The predicted octanol–water partition coefficient (Wildman–Crippen LogP) is 1.42. The molecule has 1 aliphatic rings. The van der Waals surface area contributed by atoms with E-state index in [-0.39, 0.29) is 24.0 Å². The van der Waals surface area contributed by atoms with Crippen molar-refractivity contribution in [3.05, 3.63) is 40.7 Å². The molecule has 1 fully saturated rings. The first-order valence-corrected chi connectivity index (χ1v) is 8.03. The highest BCUT2D eigenvalue weighted by atomic mass is 16.5. The average molecular weight is 315 g/mol. The molecular weight excluding hydrogens is 294 g/mol. The molecule has 1 amide bonds. The number of hydrogen-bond donors (Lipinski definition) is 0. The molecule has 3 rings (SSSR count). The van der Waals surface area contributed by atoms with Gasteiger partial charge < -0.3 is 9.64 Å². The highest BCUT2D eigenvalue weighted by Crippen LogP contribution is 2.14. The van der Waals surface area contributed by atoms with Crippen LogP contribution in [0, 0.1) is 0 Å². The molecule has 0 aliphatic carbocycles. The minimum Gasteiger partial charge on any atom is -0.377 e. The van der Waals surface area contributed by atoms with Crippen molar-refractivity contribution >= 4 is 16.8 Å². The molecule has 1 aliphatic heterocycles. The number of amides is 1. The van der Waals surface area contributed by atoms with Gasteiger partial charge in [0.05, 0.1) is 17.8 Å². The van der Waals surface area contributed by atoms with Crippen LogP contribution in [0.3, 0.4) is 0 Å². The molecule has 0 N–H and O–H groups in total. The van der Waals surface area contributed by atoms with Crippen molar-refractivity contribution in [2.75, 3.05) is 19.7 Å². The maximum Gasteiger partial charge on any atom is 0.244 e. The Morgan fingerprint density at radius 1 is 1.39 bits per heavy atom. The van der Waals surface area contributed by atoms with E-state index >= 15 is 0 Å². The van der Waals surface area contributed by atoms with Crippen LogP contribution in [0.2, 0.25) is 0 Å². The summed E-state index contributed by atoms with van der Waals surface area (Å²) in [4.78, 5) is 26.3. The van der Waals surface area contributed by atoms with Crippen LogP contribution in [0.5, 0.6) is 0 Å². The number of rotatable bonds is 4. The van der Waals surface area contributed by atoms with Crippen LogP contribution in [0.1, 0.15) is 19.8 Å². The topological polar surface area (TPSA) is 64.4 Å². The van der Waals surface area contributed by atoms with E-state index < -0.39 is 0 Å². The first-order chi connectivity index (χ1) is 11.2. The summed E-state index contributed by atoms with van der Waals surface area (Å²) in [5, 5.41) is 4.71. The molecule has 1 saturated heterocycles. The highest BCUT2D eigenvalue weighted by Gasteiger charge is 2.24. The molecule has 6 heteroatoms. The van der Waals surface area contributed by atoms with Crippen molar-refractivity contribution in [3.8, 4) is 0 Å². The van der Waals surface area contributed by atoms with Gasteiger partial charge >= 0.3 is 0 Å². The number of fused-ring (bicyclic) bond motifs is 1. The van der Waals surface area contributed by atoms with Gasteiger partial charge in [-0.2, -0.15) is 5.10 Å². The number of nitrogens with zero attached hydrogens (tertiary/aromatic N) is 3. The minimum atomic E-state index is -0.126. The molecule has 0 saturated carbocycles. The fraction of sp³-hybridized carbons (Fsp3) is 0.471. The molecule has 0 spiro atoms. The maximum atomic E-state index is 12.6. The number of benzene rings is 1. The molecule has 0 radical (unpaired) electrons. The van der Waals surface area contributed by atoms with Gasteiger partial charge in [0.1, 0.15) is 6.54 Å². The van der Waals surface area contributed by atoms with Gasteiger partial charge in [-0.25, -0.2) is 0 Å². The predicted molar refractivity (Wildman–Crippen MR) is 87.2 cm³/mol. The third-order valence-electron chi connectivity index (χ3n) is 4.18. The van der Waals surface area contributed by atoms with E-state index in [9.17, 15) is 9.59 Å². The van der Waals surface area contributed by atoms with Gasteiger partial charge in [0.25, 0.3) is 0 Å². The lowest BCUT2D eigenvalue weighted by molar-refractivity contribution is -0.136. The number of ether oxygens (including phenoxy) is 1. The van der Waals surface area contributed by atoms with Crippen LogP contribution >= 0.6 is 0 Å². The summed E-state index contributed by atoms with van der Waals surface area (Å²) in [7, 11) is 0. The molecule has 2 heterocycles. The molecule has 1 atom stereocenters. The minimum absolute atomic E-state index is 0.00991. The molecular formula is C17H21N3O3. The molecule has 0 unspecified atom stereocenters. The molecule has 6 nitrogen and oxygen atoms in total. The van der Waals surface area contributed by atoms with E-state index in [0.29, 0.717) is 24.1 Å². The van der Waals surface area contributed by atoms with Gasteiger partial charge in [-0.05, 0) is 31.9 Å². The van der Waals surface area contributed by atoms with Crippen LogP contribution in [-0.2, 0) is 16.1 Å². The first kappa shape index (κ1) is 15.7. The van der Waals surface area contributed by atoms with Gasteiger partial charge in [0.15, 0.2) is 0 Å². The Morgan fingerprint density at radius 2 is 2.22 bits per heavy atom. The van der Waals surface area contributed by atoms with Gasteiger partial charge in [-0.3, -0.25) is 14.3 Å². The first-order valence-electron chi connectivity index (χ1n) is 8.03. The molecule has 1 aromatic heterocycles. The Balaban J connectivity index is 1.78. The van der Waals surface area contributed by atoms with E-state index in [4.69, 9.17) is 4.74 Å². The summed E-state index contributed by atoms with van der Waals surface area (Å²) in [6.45, 7) is 4.15. The number of likely N-dealkylation sites (tertiary alicyclic amines) is 1. The second-order valence-electron chi connectivity index (χ2n) is 5.74. The van der Waals surface area contributed by atoms with Crippen LogP contribution < -0.4 is 5.43 Å². The summed E-state index contributed by atoms with van der Waals surface area (Å²) in [5.74, 6) is 0.00991. The standard InChI is InChI=1S/C17H21N3O3/c1-2-23-13-6-5-9-19(11-13)17(22)12-20-15-8-4-3-7-14(15)16(21)10-18-20/h3-4,7-8,10,13H,2,5-6,9,11-12H2,1H3/t13-/m1/s1. The Hall–Kier alpha value is -2.21. The van der Waals surface area contributed by atoms with E-state index in [1.54, 1.807) is 10.7 Å². The number of para-hydroxylation sites is 1. The van der Waals surface area contributed by atoms with E-state index in [1.165, 1.54) is 6.20 Å². The third-order valence-corrected chi connectivity index (χ3v) is 4.18. The van der Waals surface area contributed by atoms with Gasteiger partial charge in [0, 0.05) is 25.1 Å². The van der Waals surface area contributed by atoms with Crippen LogP contribution in [0.4, 0.5) is 0 Å². The van der Waals surface area contributed by atoms with Crippen LogP contribution in [0.15, 0.2) is 35.3 Å². The molecule has 23 heavy (non-hydrogen) atoms. The molecule has 0 bridgehead atoms. The number of aromatic nitrogens is 2. The highest BCUT2D eigenvalue weighted by molar-refractivity contribution is 5.81. The van der Waals surface area contributed by atoms with Gasteiger partial charge in [-0.15, -0.1) is 0 Å². The lowest BCUT2D eigenvalue weighted by Crippen LogP contribution is -2.44. The van der Waals surface area contributed by atoms with Crippen LogP contribution in [-0.4, -0.2) is 46.4 Å². The zero-order chi connectivity index (χ0) is 16.2. The number of carbonyl (C=O) groups excluding carboxylic acids is 1. The summed E-state index contributed by atoms with van der Waals surface area (Å²) >= 11 is 0. The molecule has 2 aromatic rings. The average Bonchev–Trinajstić information content (AvgIpc) is 2.58. The van der Waals surface area contributed by atoms with Gasteiger partial charge in [-0.1, -0.05) is 12.1 Å². The second kappa shape index (κ2) is 6.91. The largest absolute Gasteiger partial charge is 0.377 e. The van der Waals surface area contributed by atoms with E-state index in [0.717, 1.165) is 19.4 Å². The zero-order valence-corrected chi connectivity index (χ0v) is 13.3. The smallest absolute Gasteiger partial charge is 0.244 e. The summed E-state index contributed by atoms with van der Waals surface area (Å²) in [6.07, 6.45) is 3.34. The van der Waals surface area contributed by atoms with Crippen molar-refractivity contribution in [1.29, 1.82) is 0 Å². The second-order valence-corrected chi connectivity index (χ2v) is 5.74. The van der Waals surface area contributed by atoms with Crippen molar-refractivity contribution in [1.82, 2.24) is 14.7 Å². The fourth-order valence-electron chi connectivity index (χ4n) is 3.05. The molecule has 1 aromatic carbocycles. The van der Waals surface area contributed by atoms with Crippen molar-refractivity contribution in [2.45, 2.75) is 32.4 Å². The van der Waals surface area contributed by atoms with E-state index in [1.807, 2.05) is 30.0 Å². The lowest BCUT2D eigenvalue weighted by atomic mass is 10.1. The SMILES string of the molecule is CCO[C@@H]1CCCN(C(=O)Cn2ncc(=O)c3ccccc32)C1. The normalized spacial score (nSPS) is 18.3. The Bertz CT molecular complexity index is 754. The Labute approximate surface area is 134 Å². The quantitative estimate of drug-likeness (QED) is 0.856. The van der Waals surface area contributed by atoms with Crippen molar-refractivity contribution < 1.29 is 9.53 Å². The number of carbonyl (C=O) groups is 1. The fourth-order valence-corrected chi connectivity index (χ4v) is 3.05. The monoisotopic (exact) mass is 315 g/mol. The zero-order valence-electron chi connectivity index (χ0n) is 13.3. The van der Waals surface area contributed by atoms with Gasteiger partial charge in [0.2, 0.25) is 11.3 Å². The Kier molecular flexibility index (Phi) is 4.71. The number of piperidine rings is 1. The third kappa shape index (κ3) is 3.42. The summed E-state index contributed by atoms with van der Waals surface area (Å²) in [5.41, 5.74) is 0.561. The lowest BCUT2D eigenvalue weighted by Gasteiger charge is -2.32.